The van der Waals surface area contributed by atoms with Gasteiger partial charge in [0.1, 0.15) is 5.41 Å². The van der Waals surface area contributed by atoms with Gasteiger partial charge >= 0.3 is 5.97 Å². The number of nitrogens with zero attached hydrogens (tertiary/aromatic N) is 1. The second kappa shape index (κ2) is 4.27. The summed E-state index contributed by atoms with van der Waals surface area (Å²) in [6.07, 6.45) is 0.420. The molecule has 2 atom stereocenters. The van der Waals surface area contributed by atoms with E-state index in [1.54, 1.807) is 0 Å². The summed E-state index contributed by atoms with van der Waals surface area (Å²) in [5, 5.41) is 18.1. The highest BCUT2D eigenvalue weighted by atomic mass is 16.5. The Hall–Kier alpha value is -1.14. The van der Waals surface area contributed by atoms with E-state index in [0.29, 0.717) is 19.4 Å². The maximum atomic E-state index is 12.2. The molecule has 96 valence electrons. The van der Waals surface area contributed by atoms with E-state index in [0.717, 1.165) is 0 Å². The first kappa shape index (κ1) is 12.3. The number of carboxylic acid groups (broad SMARTS) is 1. The van der Waals surface area contributed by atoms with E-state index >= 15 is 0 Å². The van der Waals surface area contributed by atoms with Gasteiger partial charge in [0.15, 0.2) is 0 Å². The number of carbonyl (C=O) groups is 2. The molecule has 1 heterocycles. The first-order valence-electron chi connectivity index (χ1n) is 5.78. The van der Waals surface area contributed by atoms with Gasteiger partial charge < -0.3 is 19.8 Å². The monoisotopic (exact) mass is 243 g/mol. The summed E-state index contributed by atoms with van der Waals surface area (Å²) < 4.78 is 5.32. The minimum absolute atomic E-state index is 0.137. The van der Waals surface area contributed by atoms with Gasteiger partial charge in [0.05, 0.1) is 25.4 Å². The highest BCUT2D eigenvalue weighted by molar-refractivity contribution is 6.05. The van der Waals surface area contributed by atoms with Crippen molar-refractivity contribution in [3.8, 4) is 0 Å². The van der Waals surface area contributed by atoms with Crippen molar-refractivity contribution in [1.82, 2.24) is 4.90 Å². The maximum Gasteiger partial charge on any atom is 0.319 e. The molecule has 0 bridgehead atoms. The third kappa shape index (κ3) is 2.02. The van der Waals surface area contributed by atoms with Crippen molar-refractivity contribution in [3.05, 3.63) is 0 Å². The van der Waals surface area contributed by atoms with Crippen LogP contribution in [-0.2, 0) is 14.3 Å². The van der Waals surface area contributed by atoms with Crippen LogP contribution in [0.5, 0.6) is 0 Å². The summed E-state index contributed by atoms with van der Waals surface area (Å²) in [5.41, 5.74) is -1.20. The smallest absolute Gasteiger partial charge is 0.319 e. The lowest BCUT2D eigenvalue weighted by Gasteiger charge is -2.38. The lowest BCUT2D eigenvalue weighted by Crippen LogP contribution is -2.55. The normalized spacial score (nSPS) is 31.1. The Kier molecular flexibility index (Phi) is 3.09. The molecule has 6 nitrogen and oxygen atoms in total. The van der Waals surface area contributed by atoms with Crippen LogP contribution in [-0.4, -0.2) is 58.9 Å². The number of hydrogen-bond donors (Lipinski definition) is 2. The fraction of sp³-hybridized carbons (Fsp3) is 0.818. The van der Waals surface area contributed by atoms with Crippen LogP contribution in [0.1, 0.15) is 19.8 Å². The highest BCUT2D eigenvalue weighted by Crippen LogP contribution is 2.48. The molecule has 1 aliphatic heterocycles. The number of hydrogen-bond acceptors (Lipinski definition) is 4. The molecule has 0 aromatic carbocycles. The number of morpholine rings is 1. The second-order valence-corrected chi connectivity index (χ2v) is 4.83. The van der Waals surface area contributed by atoms with E-state index in [1.807, 2.05) is 6.92 Å². The number of carboxylic acids is 1. The Morgan fingerprint density at radius 1 is 1.47 bits per heavy atom. The molecule has 1 saturated carbocycles. The first-order valence-corrected chi connectivity index (χ1v) is 5.78. The van der Waals surface area contributed by atoms with Crippen molar-refractivity contribution < 1.29 is 24.5 Å². The number of aliphatic hydroxyl groups excluding tert-OH is 1. The lowest BCUT2D eigenvalue weighted by molar-refractivity contribution is -0.161. The highest BCUT2D eigenvalue weighted by Gasteiger charge is 2.59. The molecule has 2 fully saturated rings. The van der Waals surface area contributed by atoms with Crippen LogP contribution in [0.2, 0.25) is 0 Å². The zero-order chi connectivity index (χ0) is 12.6. The summed E-state index contributed by atoms with van der Waals surface area (Å²) in [5.74, 6) is -1.37. The number of aliphatic carboxylic acids is 1. The van der Waals surface area contributed by atoms with Crippen LogP contribution >= 0.6 is 0 Å². The summed E-state index contributed by atoms with van der Waals surface area (Å²) in [6.45, 7) is 2.28. The zero-order valence-corrected chi connectivity index (χ0v) is 9.76. The standard InChI is InChI=1S/C11H17NO5/c1-7-6-17-8(5-13)4-12(7)9(14)11(2-3-11)10(15)16/h7-8,13H,2-6H2,1H3,(H,15,16). The third-order valence-electron chi connectivity index (χ3n) is 3.54. The van der Waals surface area contributed by atoms with Gasteiger partial charge in [-0.1, -0.05) is 0 Å². The van der Waals surface area contributed by atoms with Gasteiger partial charge in [-0.3, -0.25) is 9.59 Å². The van der Waals surface area contributed by atoms with Crippen LogP contribution in [0, 0.1) is 5.41 Å². The molecule has 6 heteroatoms. The average molecular weight is 243 g/mol. The van der Waals surface area contributed by atoms with Gasteiger partial charge in [0.25, 0.3) is 0 Å². The largest absolute Gasteiger partial charge is 0.480 e. The van der Waals surface area contributed by atoms with Crippen LogP contribution in [0.4, 0.5) is 0 Å². The molecule has 0 radical (unpaired) electrons. The van der Waals surface area contributed by atoms with E-state index in [9.17, 15) is 9.59 Å². The van der Waals surface area contributed by atoms with Crippen LogP contribution in [0.3, 0.4) is 0 Å². The van der Waals surface area contributed by atoms with Crippen molar-refractivity contribution in [2.24, 2.45) is 5.41 Å². The molecule has 2 aliphatic rings. The Labute approximate surface area is 99.2 Å². The van der Waals surface area contributed by atoms with Gasteiger partial charge in [0.2, 0.25) is 5.91 Å². The van der Waals surface area contributed by atoms with E-state index in [2.05, 4.69) is 0 Å². The molecular formula is C11H17NO5. The maximum absolute atomic E-state index is 12.2. The molecule has 2 rings (SSSR count). The first-order chi connectivity index (χ1) is 8.01. The Morgan fingerprint density at radius 2 is 2.12 bits per heavy atom. The summed E-state index contributed by atoms with van der Waals surface area (Å²) >= 11 is 0. The summed E-state index contributed by atoms with van der Waals surface area (Å²) in [6, 6.07) is -0.137. The lowest BCUT2D eigenvalue weighted by atomic mass is 10.0. The molecule has 0 spiro atoms. The molecule has 0 aromatic rings. The molecule has 1 saturated heterocycles. The third-order valence-corrected chi connectivity index (χ3v) is 3.54. The Balaban J connectivity index is 2.10. The second-order valence-electron chi connectivity index (χ2n) is 4.83. The molecule has 2 N–H and O–H groups in total. The molecule has 1 amide bonds. The number of amides is 1. The van der Waals surface area contributed by atoms with Crippen molar-refractivity contribution in [3.63, 3.8) is 0 Å². The molecule has 1 aliphatic carbocycles. The van der Waals surface area contributed by atoms with Crippen molar-refractivity contribution in [2.75, 3.05) is 19.8 Å². The number of ether oxygens (including phenoxy) is 1. The van der Waals surface area contributed by atoms with Crippen molar-refractivity contribution in [1.29, 1.82) is 0 Å². The minimum Gasteiger partial charge on any atom is -0.480 e. The van der Waals surface area contributed by atoms with E-state index in [-0.39, 0.29) is 25.1 Å². The fourth-order valence-corrected chi connectivity index (χ4v) is 2.13. The van der Waals surface area contributed by atoms with E-state index in [4.69, 9.17) is 14.9 Å². The van der Waals surface area contributed by atoms with Crippen LogP contribution < -0.4 is 0 Å². The molecule has 17 heavy (non-hydrogen) atoms. The Morgan fingerprint density at radius 3 is 2.59 bits per heavy atom. The average Bonchev–Trinajstić information content (AvgIpc) is 3.10. The van der Waals surface area contributed by atoms with Crippen molar-refractivity contribution >= 4 is 11.9 Å². The van der Waals surface area contributed by atoms with Crippen LogP contribution in [0.25, 0.3) is 0 Å². The predicted octanol–water partition coefficient (Wildman–Crippen LogP) is -0.541. The molecule has 2 unspecified atom stereocenters. The molecular weight excluding hydrogens is 226 g/mol. The predicted molar refractivity (Wildman–Crippen MR) is 57.3 cm³/mol. The zero-order valence-electron chi connectivity index (χ0n) is 9.76. The van der Waals surface area contributed by atoms with Gasteiger partial charge in [-0.25, -0.2) is 0 Å². The fourth-order valence-electron chi connectivity index (χ4n) is 2.13. The van der Waals surface area contributed by atoms with Gasteiger partial charge in [-0.05, 0) is 19.8 Å². The Bertz CT molecular complexity index is 339. The molecule has 0 aromatic heterocycles. The number of carbonyl (C=O) groups excluding carboxylic acids is 1. The van der Waals surface area contributed by atoms with Crippen LogP contribution in [0.15, 0.2) is 0 Å². The summed E-state index contributed by atoms with van der Waals surface area (Å²) in [4.78, 5) is 24.8. The van der Waals surface area contributed by atoms with E-state index in [1.165, 1.54) is 4.90 Å². The van der Waals surface area contributed by atoms with E-state index < -0.39 is 17.5 Å². The SMILES string of the molecule is CC1COC(CO)CN1C(=O)C1(C(=O)O)CC1. The van der Waals surface area contributed by atoms with Crippen molar-refractivity contribution in [2.45, 2.75) is 31.9 Å². The number of aliphatic hydroxyl groups is 1. The minimum atomic E-state index is -1.20. The van der Waals surface area contributed by atoms with Gasteiger partial charge in [-0.2, -0.15) is 0 Å². The summed E-state index contributed by atoms with van der Waals surface area (Å²) in [7, 11) is 0. The van der Waals surface area contributed by atoms with Gasteiger partial charge in [0, 0.05) is 6.54 Å². The topological polar surface area (TPSA) is 87.1 Å². The van der Waals surface area contributed by atoms with Gasteiger partial charge in [-0.15, -0.1) is 0 Å². The number of rotatable bonds is 3. The quantitative estimate of drug-likeness (QED) is 0.650.